The lowest BCUT2D eigenvalue weighted by Gasteiger charge is -2.06. The Morgan fingerprint density at radius 2 is 2.11 bits per heavy atom. The number of hydrogen-bond acceptors (Lipinski definition) is 7. The summed E-state index contributed by atoms with van der Waals surface area (Å²) in [5.41, 5.74) is -1.12. The van der Waals surface area contributed by atoms with Gasteiger partial charge < -0.3 is 14.0 Å². The summed E-state index contributed by atoms with van der Waals surface area (Å²) in [4.78, 5) is 24.4. The molecule has 1 rings (SSSR count). The van der Waals surface area contributed by atoms with Gasteiger partial charge in [0, 0.05) is 16.8 Å². The average molecular weight is 432 g/mol. The summed E-state index contributed by atoms with van der Waals surface area (Å²) >= 11 is 0. The molecule has 0 aliphatic rings. The first-order chi connectivity index (χ1) is 18.8. The van der Waals surface area contributed by atoms with E-state index in [9.17, 15) is 9.59 Å². The second-order valence-electron chi connectivity index (χ2n) is 4.87. The first kappa shape index (κ1) is 10.2. The molecule has 1 aromatic rings. The van der Waals surface area contributed by atoms with Crippen LogP contribution in [0.25, 0.3) is 0 Å². The highest BCUT2D eigenvalue weighted by molar-refractivity contribution is 7.84. The van der Waals surface area contributed by atoms with Crippen molar-refractivity contribution in [2.45, 2.75) is 32.5 Å². The third-order valence-electron chi connectivity index (χ3n) is 2.46. The molecule has 0 radical (unpaired) electrons. The number of carbonyl (C=O) groups is 2. The van der Waals surface area contributed by atoms with Gasteiger partial charge in [0.05, 0.1) is 37.0 Å². The summed E-state index contributed by atoms with van der Waals surface area (Å²) in [5, 5.41) is 0.510. The minimum Gasteiger partial charge on any atom is -0.748 e. The molecule has 0 bridgehead atoms. The van der Waals surface area contributed by atoms with Crippen molar-refractivity contribution in [2.24, 2.45) is 5.72 Å². The van der Waals surface area contributed by atoms with Crippen LogP contribution in [0.4, 0.5) is 0 Å². The number of nitrogens with one attached hydrogen (secondary N) is 1. The first-order valence-corrected chi connectivity index (χ1v) is 9.29. The SMILES string of the molecule is CS(=O)(=O)[O-].[2H]c1c([2H])c(C(=O)OC([2H])([2H])C([2H])([2H])[2H])c([2H])c([2H])c1OC(=O)CCCCCN([2H])C(N([2H])[2H])=[N+]([2H])[2H]. The molecular weight excluding hydrogens is 390 g/mol. The Balaban J connectivity index is 0.00000308. The first-order valence-electron chi connectivity index (χ1n) is 14.2. The van der Waals surface area contributed by atoms with E-state index in [1.807, 2.05) is 0 Å². The van der Waals surface area contributed by atoms with E-state index in [0.29, 0.717) is 18.0 Å². The largest absolute Gasteiger partial charge is 0.748 e. The highest BCUT2D eigenvalue weighted by Crippen LogP contribution is 2.14. The summed E-state index contributed by atoms with van der Waals surface area (Å²) in [7, 11) is -3.92. The maximum atomic E-state index is 12.3. The third kappa shape index (κ3) is 15.6. The Morgan fingerprint density at radius 1 is 1.43 bits per heavy atom. The molecule has 0 atom stereocenters. The number of nitrogens with two attached hydrogens (primary N) is 2. The number of unbranched alkanes of at least 4 members (excludes halogenated alkanes) is 2. The molecule has 0 amide bonds. The van der Waals surface area contributed by atoms with Crippen LogP contribution in [-0.2, 0) is 19.6 Å². The van der Waals surface area contributed by atoms with Crippen molar-refractivity contribution >= 4 is 28.0 Å². The van der Waals surface area contributed by atoms with Crippen LogP contribution in [0.1, 0.15) is 55.2 Å². The molecule has 0 aromatic heterocycles. The molecular formula is C17H27N3O7S. The van der Waals surface area contributed by atoms with Crippen LogP contribution in [0, 0.1) is 0 Å². The number of rotatable bonds is 9. The fourth-order valence-electron chi connectivity index (χ4n) is 1.45. The lowest BCUT2D eigenvalue weighted by Crippen LogP contribution is -2.54. The van der Waals surface area contributed by atoms with E-state index >= 15 is 0 Å². The zero-order valence-electron chi connectivity index (χ0n) is 28.6. The van der Waals surface area contributed by atoms with E-state index < -0.39 is 76.9 Å². The number of hydrogen-bond donors (Lipinski definition) is 3. The number of ether oxygens (including phenoxy) is 2. The van der Waals surface area contributed by atoms with Gasteiger partial charge in [-0.25, -0.2) is 13.2 Å². The fourth-order valence-corrected chi connectivity index (χ4v) is 1.45. The predicted octanol–water partition coefficient (Wildman–Crippen LogP) is -0.846. The molecule has 1 aromatic carbocycles. The van der Waals surface area contributed by atoms with Gasteiger partial charge in [0.1, 0.15) is 5.75 Å². The molecule has 0 saturated heterocycles. The molecule has 158 valence electrons. The number of guanidine groups is 1. The second kappa shape index (κ2) is 13.5. The van der Waals surface area contributed by atoms with Crippen LogP contribution in [-0.4, -0.2) is 50.2 Å². The summed E-state index contributed by atoms with van der Waals surface area (Å²) in [6, 6.07) is -3.97. The van der Waals surface area contributed by atoms with Crippen molar-refractivity contribution in [3.8, 4) is 5.75 Å². The van der Waals surface area contributed by atoms with E-state index in [4.69, 9.17) is 37.1 Å². The van der Waals surface area contributed by atoms with Gasteiger partial charge in [-0.05, 0) is 50.3 Å². The molecule has 28 heavy (non-hydrogen) atoms. The third-order valence-corrected chi connectivity index (χ3v) is 2.46. The highest BCUT2D eigenvalue weighted by Gasteiger charge is 2.08. The average Bonchev–Trinajstić information content (AvgIpc) is 2.77. The van der Waals surface area contributed by atoms with Gasteiger partial charge in [0.25, 0.3) is 7.06 Å². The summed E-state index contributed by atoms with van der Waals surface area (Å²) < 4.78 is 140. The van der Waals surface area contributed by atoms with Crippen molar-refractivity contribution in [1.82, 2.24) is 5.31 Å². The predicted molar refractivity (Wildman–Crippen MR) is 101 cm³/mol. The van der Waals surface area contributed by atoms with E-state index in [1.165, 1.54) is 0 Å². The van der Waals surface area contributed by atoms with Crippen molar-refractivity contribution in [2.75, 3.05) is 19.4 Å². The molecule has 11 heteroatoms. The van der Waals surface area contributed by atoms with Gasteiger partial charge >= 0.3 is 17.9 Å². The van der Waals surface area contributed by atoms with Gasteiger partial charge in [-0.15, -0.1) is 0 Å². The van der Waals surface area contributed by atoms with Crippen LogP contribution < -0.4 is 21.2 Å². The van der Waals surface area contributed by atoms with E-state index in [1.54, 1.807) is 0 Å². The number of benzene rings is 1. The minimum atomic E-state index is -3.92. The molecule has 0 aliphatic heterocycles. The summed E-state index contributed by atoms with van der Waals surface area (Å²) in [5.74, 6) is -4.15. The fraction of sp³-hybridized carbons (Fsp3) is 0.471. The smallest absolute Gasteiger partial charge is 0.338 e. The van der Waals surface area contributed by atoms with Gasteiger partial charge in [0.2, 0.25) is 0 Å². The van der Waals surface area contributed by atoms with Crippen molar-refractivity contribution in [3.63, 3.8) is 0 Å². The minimum absolute atomic E-state index is 0.0672. The van der Waals surface area contributed by atoms with Crippen LogP contribution in [0.15, 0.2) is 24.2 Å². The van der Waals surface area contributed by atoms with Crippen LogP contribution in [0.5, 0.6) is 5.75 Å². The Morgan fingerprint density at radius 3 is 2.68 bits per heavy atom. The molecule has 0 fully saturated rings. The number of carbonyl (C=O) groups excluding carboxylic acids is 2. The maximum absolute atomic E-state index is 12.3. The maximum Gasteiger partial charge on any atom is 0.338 e. The zero-order valence-corrected chi connectivity index (χ0v) is 15.5. The van der Waals surface area contributed by atoms with Crippen molar-refractivity contribution < 1.29 is 56.8 Å². The summed E-state index contributed by atoms with van der Waals surface area (Å²) in [6.07, 6.45) is 1.14. The van der Waals surface area contributed by atoms with Gasteiger partial charge in [-0.2, -0.15) is 0 Å². The Hall–Kier alpha value is -2.66. The van der Waals surface area contributed by atoms with Crippen LogP contribution in [0.2, 0.25) is 7.06 Å². The standard InChI is InChI=1S/C16H23N3O4.CH4O3S/c1-2-22-15(21)12-7-9-13(10-8-12)23-14(20)6-4-3-5-11-19-16(17)18;1-5(2,3)4/h7-10H,2-6,11H2,1H3,(H4,17,18,19);1H3,(H,2,3,4)/i1D3,2D2,7D,8D,9D,10D;/hD5. The zero-order chi connectivity index (χ0) is 33.4. The molecule has 0 spiro atoms. The van der Waals surface area contributed by atoms with Gasteiger partial charge in [-0.3, -0.25) is 21.2 Å². The monoisotopic (exact) mass is 431 g/mol. The van der Waals surface area contributed by atoms with Crippen molar-refractivity contribution in [3.05, 3.63) is 29.7 Å². The molecule has 5 N–H and O–H groups in total. The normalized spacial score (nSPS) is 18.1. The molecule has 0 saturated carbocycles. The van der Waals surface area contributed by atoms with Crippen molar-refractivity contribution in [1.29, 1.82) is 0 Å². The Kier molecular flexibility index (Phi) is 4.92. The highest BCUT2D eigenvalue weighted by atomic mass is 32.2. The quantitative estimate of drug-likeness (QED) is 0.112. The Bertz CT molecular complexity index is 1230. The lowest BCUT2D eigenvalue weighted by molar-refractivity contribution is -0.134. The van der Waals surface area contributed by atoms with Gasteiger partial charge in [-0.1, -0.05) is 0 Å². The van der Waals surface area contributed by atoms with E-state index in [2.05, 4.69) is 4.74 Å². The lowest BCUT2D eigenvalue weighted by atomic mass is 10.2. The molecule has 0 heterocycles. The summed E-state index contributed by atoms with van der Waals surface area (Å²) in [6.45, 7) is -6.93. The van der Waals surface area contributed by atoms with Gasteiger partial charge in [0.15, 0.2) is 0 Å². The molecule has 10 nitrogen and oxygen atoms in total. The topological polar surface area (TPSA) is 173 Å². The van der Waals surface area contributed by atoms with E-state index in [-0.39, 0.29) is 36.9 Å². The van der Waals surface area contributed by atoms with Crippen LogP contribution >= 0.6 is 0 Å². The van der Waals surface area contributed by atoms with Crippen LogP contribution in [0.3, 0.4) is 0 Å². The molecule has 0 unspecified atom stereocenters. The number of esters is 2. The second-order valence-corrected chi connectivity index (χ2v) is 6.27. The Labute approximate surface area is 184 Å². The van der Waals surface area contributed by atoms with E-state index in [0.717, 1.165) is 0 Å². The molecule has 0 aliphatic carbocycles.